The summed E-state index contributed by atoms with van der Waals surface area (Å²) in [5, 5.41) is 5.59. The van der Waals surface area contributed by atoms with Gasteiger partial charge in [0.1, 0.15) is 12.4 Å². The van der Waals surface area contributed by atoms with Gasteiger partial charge in [-0.15, -0.1) is 0 Å². The van der Waals surface area contributed by atoms with Gasteiger partial charge >= 0.3 is 0 Å². The van der Waals surface area contributed by atoms with Gasteiger partial charge < -0.3 is 9.30 Å². The summed E-state index contributed by atoms with van der Waals surface area (Å²) in [4.78, 5) is 17.3. The quantitative estimate of drug-likeness (QED) is 0.124. The van der Waals surface area contributed by atoms with Crippen molar-refractivity contribution in [2.24, 2.45) is 5.10 Å². The van der Waals surface area contributed by atoms with E-state index in [9.17, 15) is 4.79 Å². The molecule has 0 aliphatic rings. The van der Waals surface area contributed by atoms with Crippen molar-refractivity contribution in [3.8, 4) is 5.75 Å². The minimum absolute atomic E-state index is 0.182. The zero-order valence-electron chi connectivity index (χ0n) is 20.5. The zero-order valence-corrected chi connectivity index (χ0v) is 22.0. The molecule has 8 heteroatoms. The first-order valence-electron chi connectivity index (χ1n) is 12.1. The van der Waals surface area contributed by atoms with Gasteiger partial charge in [0.25, 0.3) is 5.91 Å². The first kappa shape index (κ1) is 25.6. The number of hydrogen-bond acceptors (Lipinski definition) is 5. The summed E-state index contributed by atoms with van der Waals surface area (Å²) >= 11 is 7.42. The van der Waals surface area contributed by atoms with Crippen molar-refractivity contribution in [3.05, 3.63) is 125 Å². The van der Waals surface area contributed by atoms with Crippen LogP contribution >= 0.6 is 23.4 Å². The molecule has 0 atom stereocenters. The largest absolute Gasteiger partial charge is 0.489 e. The second-order valence-electron chi connectivity index (χ2n) is 8.52. The number of hydrazone groups is 1. The number of aromatic nitrogens is 2. The average Bonchev–Trinajstić information content (AvgIpc) is 3.30. The van der Waals surface area contributed by atoms with Crippen molar-refractivity contribution in [2.75, 3.05) is 5.75 Å². The Hall–Kier alpha value is -4.07. The van der Waals surface area contributed by atoms with Crippen molar-refractivity contribution < 1.29 is 9.53 Å². The standard InChI is InChI=1S/C30H25ClN4O2S/c31-25-15-13-22(14-16-25)19-35-28-12-5-4-11-27(28)33-30(35)38-21-29(36)34-32-18-24-9-6-10-26(17-24)37-20-23-7-2-1-3-8-23/h1-18H,19-21H2,(H,34,36)/b32-18+. The van der Waals surface area contributed by atoms with Crippen LogP contribution in [-0.2, 0) is 17.9 Å². The van der Waals surface area contributed by atoms with E-state index in [0.717, 1.165) is 38.6 Å². The molecule has 0 saturated carbocycles. The average molecular weight is 541 g/mol. The first-order valence-corrected chi connectivity index (χ1v) is 13.4. The molecule has 0 aliphatic carbocycles. The fourth-order valence-electron chi connectivity index (χ4n) is 3.86. The Kier molecular flexibility index (Phi) is 8.38. The minimum Gasteiger partial charge on any atom is -0.489 e. The molecule has 1 amide bonds. The second-order valence-corrected chi connectivity index (χ2v) is 9.90. The number of para-hydroxylation sites is 2. The van der Waals surface area contributed by atoms with E-state index < -0.39 is 0 Å². The van der Waals surface area contributed by atoms with Gasteiger partial charge in [0.15, 0.2) is 5.16 Å². The molecule has 5 aromatic rings. The summed E-state index contributed by atoms with van der Waals surface area (Å²) < 4.78 is 7.98. The fourth-order valence-corrected chi connectivity index (χ4v) is 4.79. The van der Waals surface area contributed by atoms with Gasteiger partial charge in [0.2, 0.25) is 0 Å². The van der Waals surface area contributed by atoms with E-state index in [-0.39, 0.29) is 11.7 Å². The van der Waals surface area contributed by atoms with Crippen molar-refractivity contribution >= 4 is 46.5 Å². The van der Waals surface area contributed by atoms with Gasteiger partial charge in [-0.05, 0) is 53.1 Å². The highest BCUT2D eigenvalue weighted by Crippen LogP contribution is 2.25. The Balaban J connectivity index is 1.18. The molecule has 190 valence electrons. The third-order valence-electron chi connectivity index (χ3n) is 5.72. The van der Waals surface area contributed by atoms with E-state index in [1.165, 1.54) is 11.8 Å². The van der Waals surface area contributed by atoms with E-state index in [2.05, 4.69) is 15.1 Å². The van der Waals surface area contributed by atoms with Crippen LogP contribution in [0.2, 0.25) is 5.02 Å². The normalized spacial score (nSPS) is 11.2. The smallest absolute Gasteiger partial charge is 0.250 e. The number of halogens is 1. The van der Waals surface area contributed by atoms with Gasteiger partial charge in [0, 0.05) is 5.02 Å². The van der Waals surface area contributed by atoms with Crippen LogP contribution in [0.1, 0.15) is 16.7 Å². The Labute approximate surface area is 230 Å². The predicted octanol–water partition coefficient (Wildman–Crippen LogP) is 6.56. The summed E-state index contributed by atoms with van der Waals surface area (Å²) in [6, 6.07) is 33.2. The number of nitrogens with one attached hydrogen (secondary N) is 1. The van der Waals surface area contributed by atoms with Crippen LogP contribution in [0.5, 0.6) is 5.75 Å². The molecular formula is C30H25ClN4O2S. The van der Waals surface area contributed by atoms with Crippen LogP contribution in [0.3, 0.4) is 0 Å². The number of thioether (sulfide) groups is 1. The van der Waals surface area contributed by atoms with Crippen LogP contribution in [-0.4, -0.2) is 27.4 Å². The Bertz CT molecular complexity index is 1550. The lowest BCUT2D eigenvalue weighted by Gasteiger charge is -2.09. The number of fused-ring (bicyclic) bond motifs is 1. The molecule has 0 bridgehead atoms. The molecule has 0 spiro atoms. The van der Waals surface area contributed by atoms with Crippen molar-refractivity contribution in [1.29, 1.82) is 0 Å². The van der Waals surface area contributed by atoms with E-state index in [1.54, 1.807) is 6.21 Å². The maximum absolute atomic E-state index is 12.5. The number of hydrogen-bond donors (Lipinski definition) is 1. The van der Waals surface area contributed by atoms with Crippen molar-refractivity contribution in [2.45, 2.75) is 18.3 Å². The molecule has 0 radical (unpaired) electrons. The van der Waals surface area contributed by atoms with Gasteiger partial charge in [-0.25, -0.2) is 10.4 Å². The van der Waals surface area contributed by atoms with Gasteiger partial charge in [-0.3, -0.25) is 4.79 Å². The second kappa shape index (κ2) is 12.4. The number of amides is 1. The van der Waals surface area contributed by atoms with Gasteiger partial charge in [-0.1, -0.05) is 90.1 Å². The number of carbonyl (C=O) groups is 1. The lowest BCUT2D eigenvalue weighted by Crippen LogP contribution is -2.20. The molecule has 0 aliphatic heterocycles. The van der Waals surface area contributed by atoms with E-state index >= 15 is 0 Å². The Morgan fingerprint density at radius 2 is 1.74 bits per heavy atom. The SMILES string of the molecule is O=C(CSc1nc2ccccc2n1Cc1ccc(Cl)cc1)N/N=C/c1cccc(OCc2ccccc2)c1. The summed E-state index contributed by atoms with van der Waals surface area (Å²) in [5.74, 6) is 0.703. The monoisotopic (exact) mass is 540 g/mol. The van der Waals surface area contributed by atoms with Gasteiger partial charge in [-0.2, -0.15) is 5.10 Å². The maximum atomic E-state index is 12.5. The third kappa shape index (κ3) is 6.82. The van der Waals surface area contributed by atoms with E-state index in [0.29, 0.717) is 18.2 Å². The number of benzene rings is 4. The summed E-state index contributed by atoms with van der Waals surface area (Å²) in [7, 11) is 0. The topological polar surface area (TPSA) is 68.5 Å². The molecule has 38 heavy (non-hydrogen) atoms. The van der Waals surface area contributed by atoms with E-state index in [1.807, 2.05) is 103 Å². The molecule has 0 saturated heterocycles. The third-order valence-corrected chi connectivity index (χ3v) is 6.94. The van der Waals surface area contributed by atoms with Crippen molar-refractivity contribution in [3.63, 3.8) is 0 Å². The molecule has 0 unspecified atom stereocenters. The molecule has 4 aromatic carbocycles. The highest BCUT2D eigenvalue weighted by Gasteiger charge is 2.13. The number of rotatable bonds is 10. The summed E-state index contributed by atoms with van der Waals surface area (Å²) in [6.07, 6.45) is 1.60. The molecule has 0 fully saturated rings. The van der Waals surface area contributed by atoms with E-state index in [4.69, 9.17) is 21.3 Å². The Morgan fingerprint density at radius 1 is 0.947 bits per heavy atom. The Morgan fingerprint density at radius 3 is 2.58 bits per heavy atom. The molecule has 1 heterocycles. The lowest BCUT2D eigenvalue weighted by molar-refractivity contribution is -0.118. The van der Waals surface area contributed by atoms with Crippen LogP contribution in [0.25, 0.3) is 11.0 Å². The fraction of sp³-hybridized carbons (Fsp3) is 0.100. The first-order chi connectivity index (χ1) is 18.6. The number of ether oxygens (including phenoxy) is 1. The van der Waals surface area contributed by atoms with Crippen LogP contribution < -0.4 is 10.2 Å². The molecular weight excluding hydrogens is 516 g/mol. The number of imidazole rings is 1. The molecule has 1 N–H and O–H groups in total. The summed E-state index contributed by atoms with van der Waals surface area (Å²) in [6.45, 7) is 1.11. The zero-order chi connectivity index (χ0) is 26.2. The predicted molar refractivity (Wildman–Crippen MR) is 154 cm³/mol. The molecule has 1 aromatic heterocycles. The maximum Gasteiger partial charge on any atom is 0.250 e. The van der Waals surface area contributed by atoms with Crippen molar-refractivity contribution in [1.82, 2.24) is 15.0 Å². The van der Waals surface area contributed by atoms with Gasteiger partial charge in [0.05, 0.1) is 29.5 Å². The highest BCUT2D eigenvalue weighted by molar-refractivity contribution is 7.99. The summed E-state index contributed by atoms with van der Waals surface area (Å²) in [5.41, 5.74) is 7.53. The van der Waals surface area contributed by atoms with Crippen LogP contribution in [0.15, 0.2) is 113 Å². The highest BCUT2D eigenvalue weighted by atomic mass is 35.5. The lowest BCUT2D eigenvalue weighted by atomic mass is 10.2. The van der Waals surface area contributed by atoms with Crippen LogP contribution in [0, 0.1) is 0 Å². The number of nitrogens with zero attached hydrogens (tertiary/aromatic N) is 3. The molecule has 6 nitrogen and oxygen atoms in total. The molecule has 5 rings (SSSR count). The van der Waals surface area contributed by atoms with Crippen LogP contribution in [0.4, 0.5) is 0 Å². The number of carbonyl (C=O) groups excluding carboxylic acids is 1. The minimum atomic E-state index is -0.215.